The van der Waals surface area contributed by atoms with E-state index in [4.69, 9.17) is 14.2 Å². The van der Waals surface area contributed by atoms with Gasteiger partial charge >= 0.3 is 0 Å². The van der Waals surface area contributed by atoms with Crippen LogP contribution in [0.2, 0.25) is 0 Å². The number of amides is 1. The van der Waals surface area contributed by atoms with Gasteiger partial charge in [0.05, 0.1) is 6.54 Å². The van der Waals surface area contributed by atoms with Crippen molar-refractivity contribution in [3.05, 3.63) is 101 Å². The first-order chi connectivity index (χ1) is 16.5. The average Bonchev–Trinajstić information content (AvgIpc) is 3.44. The summed E-state index contributed by atoms with van der Waals surface area (Å²) < 4.78 is 45.0. The summed E-state index contributed by atoms with van der Waals surface area (Å²) in [7, 11) is 0. The normalized spacial score (nSPS) is 11.9. The van der Waals surface area contributed by atoms with Crippen LogP contribution in [0, 0.1) is 11.6 Å². The van der Waals surface area contributed by atoms with E-state index in [0.717, 1.165) is 0 Å². The highest BCUT2D eigenvalue weighted by molar-refractivity contribution is 6.05. The largest absolute Gasteiger partial charge is 0.471 e. The molecule has 34 heavy (non-hydrogen) atoms. The molecule has 7 nitrogen and oxygen atoms in total. The van der Waals surface area contributed by atoms with Crippen LogP contribution in [0.25, 0.3) is 0 Å². The van der Waals surface area contributed by atoms with Gasteiger partial charge in [0.2, 0.25) is 12.7 Å². The Bertz CT molecular complexity index is 1360. The molecule has 1 N–H and O–H groups in total. The van der Waals surface area contributed by atoms with Crippen molar-refractivity contribution in [3.8, 4) is 17.4 Å². The van der Waals surface area contributed by atoms with Crippen LogP contribution in [0.1, 0.15) is 21.5 Å². The predicted octanol–water partition coefficient (Wildman–Crippen LogP) is 4.77. The maximum Gasteiger partial charge on any atom is 0.262 e. The van der Waals surface area contributed by atoms with Gasteiger partial charge in [-0.1, -0.05) is 24.3 Å². The topological polar surface area (TPSA) is 74.6 Å². The van der Waals surface area contributed by atoms with Gasteiger partial charge in [-0.05, 0) is 47.5 Å². The molecule has 3 aromatic carbocycles. The molecule has 9 heteroatoms. The van der Waals surface area contributed by atoms with Crippen molar-refractivity contribution in [2.75, 3.05) is 12.1 Å². The Kier molecular flexibility index (Phi) is 5.82. The lowest BCUT2D eigenvalue weighted by Gasteiger charge is -2.08. The minimum atomic E-state index is -0.460. The van der Waals surface area contributed by atoms with Gasteiger partial charge in [0.25, 0.3) is 5.91 Å². The van der Waals surface area contributed by atoms with Crippen LogP contribution in [0.4, 0.5) is 14.5 Å². The van der Waals surface area contributed by atoms with Crippen LogP contribution in [0.3, 0.4) is 0 Å². The van der Waals surface area contributed by atoms with E-state index in [0.29, 0.717) is 28.3 Å². The number of aromatic nitrogens is 2. The van der Waals surface area contributed by atoms with Gasteiger partial charge in [-0.25, -0.2) is 8.78 Å². The van der Waals surface area contributed by atoms with Crippen molar-refractivity contribution in [1.29, 1.82) is 0 Å². The van der Waals surface area contributed by atoms with E-state index in [1.54, 1.807) is 42.5 Å². The maximum atomic E-state index is 13.6. The number of ether oxygens (including phenoxy) is 3. The Morgan fingerprint density at radius 3 is 2.50 bits per heavy atom. The number of hydrogen-bond donors (Lipinski definition) is 1. The third-order valence-electron chi connectivity index (χ3n) is 5.10. The molecule has 1 aliphatic heterocycles. The van der Waals surface area contributed by atoms with Crippen LogP contribution in [0.5, 0.6) is 17.4 Å². The van der Waals surface area contributed by atoms with Crippen molar-refractivity contribution in [2.45, 2.75) is 13.2 Å². The van der Waals surface area contributed by atoms with Crippen LogP contribution < -0.4 is 19.5 Å². The summed E-state index contributed by atoms with van der Waals surface area (Å²) in [5.74, 6) is -0.0220. The molecule has 1 aliphatic rings. The number of carbonyl (C=O) groups excluding carboxylic acids is 1. The number of hydrogen-bond acceptors (Lipinski definition) is 5. The van der Waals surface area contributed by atoms with Gasteiger partial charge in [0.1, 0.15) is 23.8 Å². The molecule has 0 aliphatic carbocycles. The fraction of sp³-hybridized carbons (Fsp3) is 0.120. The lowest BCUT2D eigenvalue weighted by molar-refractivity contribution is 0.102. The second-order valence-corrected chi connectivity index (χ2v) is 7.62. The molecular weight excluding hydrogens is 444 g/mol. The number of carbonyl (C=O) groups is 1. The van der Waals surface area contributed by atoms with Crippen LogP contribution in [0.15, 0.2) is 72.9 Å². The average molecular weight is 463 g/mol. The number of rotatable bonds is 7. The number of anilines is 1. The van der Waals surface area contributed by atoms with Crippen LogP contribution in [-0.4, -0.2) is 22.5 Å². The van der Waals surface area contributed by atoms with Gasteiger partial charge < -0.3 is 19.5 Å². The molecule has 5 rings (SSSR count). The van der Waals surface area contributed by atoms with Gasteiger partial charge in [0, 0.05) is 18.0 Å². The molecule has 0 unspecified atom stereocenters. The quantitative estimate of drug-likeness (QED) is 0.427. The minimum absolute atomic E-state index is 0.0129. The summed E-state index contributed by atoms with van der Waals surface area (Å²) in [6, 6.07) is 17.1. The fourth-order valence-electron chi connectivity index (χ4n) is 3.52. The van der Waals surface area contributed by atoms with E-state index in [1.807, 2.05) is 0 Å². The first-order valence-corrected chi connectivity index (χ1v) is 10.4. The first kappa shape index (κ1) is 21.4. The summed E-state index contributed by atoms with van der Waals surface area (Å²) >= 11 is 0. The van der Waals surface area contributed by atoms with Crippen molar-refractivity contribution in [2.24, 2.45) is 0 Å². The molecule has 0 bridgehead atoms. The maximum absolute atomic E-state index is 13.6. The van der Waals surface area contributed by atoms with Gasteiger partial charge in [-0.2, -0.15) is 0 Å². The highest BCUT2D eigenvalue weighted by atomic mass is 19.1. The zero-order chi connectivity index (χ0) is 23.5. The molecule has 0 fully saturated rings. The summed E-state index contributed by atoms with van der Waals surface area (Å²) in [5, 5.41) is 7.16. The Morgan fingerprint density at radius 1 is 0.971 bits per heavy atom. The van der Waals surface area contributed by atoms with Crippen LogP contribution >= 0.6 is 0 Å². The number of benzene rings is 3. The van der Waals surface area contributed by atoms with Gasteiger partial charge in [0.15, 0.2) is 11.5 Å². The summed E-state index contributed by atoms with van der Waals surface area (Å²) in [6.45, 7) is 0.363. The first-order valence-electron chi connectivity index (χ1n) is 10.4. The third-order valence-corrected chi connectivity index (χ3v) is 5.10. The molecule has 0 atom stereocenters. The Morgan fingerprint density at radius 2 is 1.71 bits per heavy atom. The third kappa shape index (κ3) is 4.83. The lowest BCUT2D eigenvalue weighted by atomic mass is 10.2. The van der Waals surface area contributed by atoms with Crippen molar-refractivity contribution < 1.29 is 27.8 Å². The Labute approximate surface area is 193 Å². The smallest absolute Gasteiger partial charge is 0.262 e. The Balaban J connectivity index is 1.39. The highest BCUT2D eigenvalue weighted by Crippen LogP contribution is 2.34. The highest BCUT2D eigenvalue weighted by Gasteiger charge is 2.20. The number of halogens is 2. The fourth-order valence-corrected chi connectivity index (χ4v) is 3.52. The van der Waals surface area contributed by atoms with E-state index in [-0.39, 0.29) is 37.2 Å². The SMILES string of the molecule is O=C(Nc1ccc2c(c1)OCO2)c1cn(Cc2cccc(F)c2)nc1OCc1cccc(F)c1. The molecule has 0 spiro atoms. The van der Waals surface area contributed by atoms with E-state index in [1.165, 1.54) is 35.1 Å². The monoisotopic (exact) mass is 463 g/mol. The van der Waals surface area contributed by atoms with Crippen LogP contribution in [-0.2, 0) is 13.2 Å². The second kappa shape index (κ2) is 9.22. The molecule has 0 radical (unpaired) electrons. The van der Waals surface area contributed by atoms with Gasteiger partial charge in [-0.15, -0.1) is 5.10 Å². The van der Waals surface area contributed by atoms with E-state index in [2.05, 4.69) is 10.4 Å². The molecule has 172 valence electrons. The molecule has 0 saturated heterocycles. The standard InChI is InChI=1S/C25H19F2N3O4/c26-18-5-1-3-16(9-18)12-30-13-21(25(29-30)32-14-17-4-2-6-19(27)10-17)24(31)28-20-7-8-22-23(11-20)34-15-33-22/h1-11,13H,12,14-15H2,(H,28,31). The van der Waals surface area contributed by atoms with E-state index >= 15 is 0 Å². The summed E-state index contributed by atoms with van der Waals surface area (Å²) in [4.78, 5) is 13.1. The number of fused-ring (bicyclic) bond motifs is 1. The Hall–Kier alpha value is -4.40. The van der Waals surface area contributed by atoms with Crippen molar-refractivity contribution >= 4 is 11.6 Å². The van der Waals surface area contributed by atoms with Gasteiger partial charge in [-0.3, -0.25) is 9.48 Å². The molecular formula is C25H19F2N3O4. The summed E-state index contributed by atoms with van der Waals surface area (Å²) in [6.07, 6.45) is 1.52. The molecule has 2 heterocycles. The summed E-state index contributed by atoms with van der Waals surface area (Å²) in [5.41, 5.74) is 1.93. The van der Waals surface area contributed by atoms with Crippen molar-refractivity contribution in [1.82, 2.24) is 9.78 Å². The minimum Gasteiger partial charge on any atom is -0.471 e. The molecule has 0 saturated carbocycles. The molecule has 1 aromatic heterocycles. The van der Waals surface area contributed by atoms with E-state index < -0.39 is 11.7 Å². The zero-order valence-corrected chi connectivity index (χ0v) is 17.8. The molecule has 4 aromatic rings. The predicted molar refractivity (Wildman–Crippen MR) is 119 cm³/mol. The van der Waals surface area contributed by atoms with E-state index in [9.17, 15) is 13.6 Å². The number of nitrogens with zero attached hydrogens (tertiary/aromatic N) is 2. The van der Waals surface area contributed by atoms with Crippen molar-refractivity contribution in [3.63, 3.8) is 0 Å². The lowest BCUT2D eigenvalue weighted by Crippen LogP contribution is -2.12. The molecule has 1 amide bonds. The second-order valence-electron chi connectivity index (χ2n) is 7.62. The zero-order valence-electron chi connectivity index (χ0n) is 17.8. The number of nitrogens with one attached hydrogen (secondary N) is 1.